The van der Waals surface area contributed by atoms with E-state index in [0.29, 0.717) is 15.6 Å². The second kappa shape index (κ2) is 6.59. The normalized spacial score (nSPS) is 13.0. The van der Waals surface area contributed by atoms with Gasteiger partial charge in [0.15, 0.2) is 10.8 Å². The third kappa shape index (κ3) is 3.54. The molecule has 1 N–H and O–H groups in total. The van der Waals surface area contributed by atoms with Gasteiger partial charge in [0.1, 0.15) is 10.9 Å². The molecule has 0 spiro atoms. The molecule has 0 saturated heterocycles. The SMILES string of the molecule is COC[C@H](C)S(=O)(=O)NC(=O)c1nc(-c2ccco2)sc1C. The molecular formula is C13H16N2O5S2. The van der Waals surface area contributed by atoms with Gasteiger partial charge in [0.05, 0.1) is 12.9 Å². The molecule has 0 aliphatic heterocycles. The predicted octanol–water partition coefficient (Wildman–Crippen LogP) is 1.81. The number of carbonyl (C=O) groups is 1. The molecule has 22 heavy (non-hydrogen) atoms. The van der Waals surface area contributed by atoms with E-state index in [0.717, 1.165) is 0 Å². The van der Waals surface area contributed by atoms with Crippen LogP contribution in [-0.4, -0.2) is 38.3 Å². The van der Waals surface area contributed by atoms with E-state index in [2.05, 4.69) is 4.98 Å². The zero-order chi connectivity index (χ0) is 16.3. The van der Waals surface area contributed by atoms with Crippen LogP contribution in [0, 0.1) is 6.92 Å². The smallest absolute Gasteiger partial charge is 0.284 e. The Morgan fingerprint density at radius 3 is 2.86 bits per heavy atom. The number of amides is 1. The van der Waals surface area contributed by atoms with Crippen molar-refractivity contribution < 1.29 is 22.4 Å². The zero-order valence-corrected chi connectivity index (χ0v) is 14.0. The van der Waals surface area contributed by atoms with Crippen LogP contribution in [0.15, 0.2) is 22.8 Å². The Bertz CT molecular complexity index is 749. The Morgan fingerprint density at radius 2 is 2.27 bits per heavy atom. The van der Waals surface area contributed by atoms with E-state index in [-0.39, 0.29) is 12.3 Å². The molecule has 120 valence electrons. The summed E-state index contributed by atoms with van der Waals surface area (Å²) in [5.74, 6) is -0.225. The van der Waals surface area contributed by atoms with Gasteiger partial charge in [0.2, 0.25) is 10.0 Å². The Balaban J connectivity index is 2.20. The third-order valence-electron chi connectivity index (χ3n) is 2.91. The molecule has 2 rings (SSSR count). The van der Waals surface area contributed by atoms with Crippen molar-refractivity contribution >= 4 is 27.3 Å². The molecule has 0 aliphatic carbocycles. The lowest BCUT2D eigenvalue weighted by Gasteiger charge is -2.12. The van der Waals surface area contributed by atoms with E-state index in [1.54, 1.807) is 19.1 Å². The van der Waals surface area contributed by atoms with Crippen LogP contribution < -0.4 is 4.72 Å². The number of thiazole rings is 1. The molecule has 9 heteroatoms. The monoisotopic (exact) mass is 344 g/mol. The molecule has 7 nitrogen and oxygen atoms in total. The van der Waals surface area contributed by atoms with Gasteiger partial charge < -0.3 is 9.15 Å². The fraction of sp³-hybridized carbons (Fsp3) is 0.385. The summed E-state index contributed by atoms with van der Waals surface area (Å²) in [6, 6.07) is 3.43. The van der Waals surface area contributed by atoms with Crippen LogP contribution in [0.2, 0.25) is 0 Å². The average molecular weight is 344 g/mol. The summed E-state index contributed by atoms with van der Waals surface area (Å²) in [7, 11) is -2.42. The largest absolute Gasteiger partial charge is 0.462 e. The summed E-state index contributed by atoms with van der Waals surface area (Å²) >= 11 is 1.26. The average Bonchev–Trinajstić information content (AvgIpc) is 3.07. The van der Waals surface area contributed by atoms with Crippen LogP contribution in [-0.2, 0) is 14.8 Å². The number of methoxy groups -OCH3 is 1. The molecule has 1 amide bonds. The molecule has 2 aromatic heterocycles. The highest BCUT2D eigenvalue weighted by molar-refractivity contribution is 7.90. The number of sulfonamides is 1. The maximum atomic E-state index is 12.2. The van der Waals surface area contributed by atoms with E-state index in [1.807, 2.05) is 4.72 Å². The van der Waals surface area contributed by atoms with Crippen molar-refractivity contribution in [3.8, 4) is 10.8 Å². The van der Waals surface area contributed by atoms with Gasteiger partial charge in [-0.15, -0.1) is 11.3 Å². The van der Waals surface area contributed by atoms with Crippen molar-refractivity contribution in [3.05, 3.63) is 29.0 Å². The summed E-state index contributed by atoms with van der Waals surface area (Å²) in [5, 5.41) is -0.320. The first-order valence-corrected chi connectivity index (χ1v) is 8.77. The lowest BCUT2D eigenvalue weighted by molar-refractivity contribution is 0.0976. The highest BCUT2D eigenvalue weighted by atomic mass is 32.2. The molecule has 0 fully saturated rings. The van der Waals surface area contributed by atoms with Crippen molar-refractivity contribution in [1.29, 1.82) is 0 Å². The number of nitrogens with zero attached hydrogens (tertiary/aromatic N) is 1. The quantitative estimate of drug-likeness (QED) is 0.858. The number of rotatable bonds is 6. The maximum Gasteiger partial charge on any atom is 0.284 e. The molecule has 0 saturated carbocycles. The predicted molar refractivity (Wildman–Crippen MR) is 82.3 cm³/mol. The minimum atomic E-state index is -3.81. The summed E-state index contributed by atoms with van der Waals surface area (Å²) in [5.41, 5.74) is 0.0737. The minimum absolute atomic E-state index is 0.00366. The van der Waals surface area contributed by atoms with Gasteiger partial charge in [-0.1, -0.05) is 0 Å². The minimum Gasteiger partial charge on any atom is -0.462 e. The molecule has 0 unspecified atom stereocenters. The Morgan fingerprint density at radius 1 is 1.55 bits per heavy atom. The standard InChI is InChI=1S/C13H16N2O5S2/c1-8(7-19-3)22(17,18)15-12(16)11-9(2)21-13(14-11)10-5-4-6-20-10/h4-6,8H,7H2,1-3H3,(H,15,16)/t8-/m0/s1. The molecular weight excluding hydrogens is 328 g/mol. The van der Waals surface area contributed by atoms with E-state index in [4.69, 9.17) is 9.15 Å². The van der Waals surface area contributed by atoms with Crippen molar-refractivity contribution in [2.75, 3.05) is 13.7 Å². The Hall–Kier alpha value is -1.71. The van der Waals surface area contributed by atoms with Gasteiger partial charge in [-0.05, 0) is 26.0 Å². The summed E-state index contributed by atoms with van der Waals surface area (Å²) in [4.78, 5) is 16.9. The number of nitrogens with one attached hydrogen (secondary N) is 1. The van der Waals surface area contributed by atoms with Crippen LogP contribution in [0.4, 0.5) is 0 Å². The van der Waals surface area contributed by atoms with Crippen molar-refractivity contribution in [1.82, 2.24) is 9.71 Å². The summed E-state index contributed by atoms with van der Waals surface area (Å²) in [6.45, 7) is 3.15. The van der Waals surface area contributed by atoms with Crippen LogP contribution in [0.5, 0.6) is 0 Å². The van der Waals surface area contributed by atoms with E-state index in [9.17, 15) is 13.2 Å². The summed E-state index contributed by atoms with van der Waals surface area (Å²) in [6.07, 6.45) is 1.50. The molecule has 0 bridgehead atoms. The number of aryl methyl sites for hydroxylation is 1. The first kappa shape index (κ1) is 16.7. The molecule has 0 aromatic carbocycles. The maximum absolute atomic E-state index is 12.2. The van der Waals surface area contributed by atoms with Crippen molar-refractivity contribution in [3.63, 3.8) is 0 Å². The Labute approximate surface area is 132 Å². The van der Waals surface area contributed by atoms with E-state index < -0.39 is 21.2 Å². The number of hydrogen-bond acceptors (Lipinski definition) is 7. The van der Waals surface area contributed by atoms with Crippen LogP contribution in [0.1, 0.15) is 22.3 Å². The fourth-order valence-electron chi connectivity index (χ4n) is 1.72. The molecule has 0 radical (unpaired) electrons. The second-order valence-corrected chi connectivity index (χ2v) is 7.95. The number of hydrogen-bond donors (Lipinski definition) is 1. The first-order chi connectivity index (χ1) is 10.3. The number of aromatic nitrogens is 1. The van der Waals surface area contributed by atoms with Gasteiger partial charge in [-0.2, -0.15) is 0 Å². The topological polar surface area (TPSA) is 98.5 Å². The highest BCUT2D eigenvalue weighted by Crippen LogP contribution is 2.27. The fourth-order valence-corrected chi connectivity index (χ4v) is 3.47. The van der Waals surface area contributed by atoms with Gasteiger partial charge in [-0.3, -0.25) is 4.79 Å². The van der Waals surface area contributed by atoms with E-state index in [1.165, 1.54) is 31.6 Å². The molecule has 1 atom stereocenters. The van der Waals surface area contributed by atoms with E-state index >= 15 is 0 Å². The van der Waals surface area contributed by atoms with Crippen molar-refractivity contribution in [2.45, 2.75) is 19.1 Å². The van der Waals surface area contributed by atoms with Gasteiger partial charge in [0, 0.05) is 12.0 Å². The van der Waals surface area contributed by atoms with Gasteiger partial charge in [-0.25, -0.2) is 18.1 Å². The lowest BCUT2D eigenvalue weighted by Crippen LogP contribution is -2.39. The van der Waals surface area contributed by atoms with Crippen molar-refractivity contribution in [2.24, 2.45) is 0 Å². The van der Waals surface area contributed by atoms with Crippen LogP contribution >= 0.6 is 11.3 Å². The first-order valence-electron chi connectivity index (χ1n) is 6.41. The molecule has 0 aliphatic rings. The van der Waals surface area contributed by atoms with Gasteiger partial charge in [0.25, 0.3) is 5.91 Å². The second-order valence-electron chi connectivity index (χ2n) is 4.64. The highest BCUT2D eigenvalue weighted by Gasteiger charge is 2.26. The van der Waals surface area contributed by atoms with Crippen LogP contribution in [0.25, 0.3) is 10.8 Å². The number of carbonyl (C=O) groups excluding carboxylic acids is 1. The molecule has 2 aromatic rings. The third-order valence-corrected chi connectivity index (χ3v) is 5.56. The number of furan rings is 1. The summed E-state index contributed by atoms with van der Waals surface area (Å²) < 4.78 is 36.0. The Kier molecular flexibility index (Phi) is 4.99. The molecule has 2 heterocycles. The van der Waals surface area contributed by atoms with Crippen LogP contribution in [0.3, 0.4) is 0 Å². The zero-order valence-electron chi connectivity index (χ0n) is 12.3. The van der Waals surface area contributed by atoms with Gasteiger partial charge >= 0.3 is 0 Å². The lowest BCUT2D eigenvalue weighted by atomic mass is 10.4. The number of ether oxygens (including phenoxy) is 1.